The van der Waals surface area contributed by atoms with Crippen molar-refractivity contribution in [1.82, 2.24) is 5.48 Å². The number of hydrogen-bond donors (Lipinski definition) is 3. The van der Waals surface area contributed by atoms with Gasteiger partial charge in [-0.3, -0.25) is 14.8 Å². The molecule has 3 unspecified atom stereocenters. The number of hydroxylamine groups is 1. The van der Waals surface area contributed by atoms with Gasteiger partial charge in [-0.15, -0.1) is 0 Å². The molecule has 8 nitrogen and oxygen atoms in total. The summed E-state index contributed by atoms with van der Waals surface area (Å²) < 4.78 is 17.7. The third-order valence-electron chi connectivity index (χ3n) is 5.75. The van der Waals surface area contributed by atoms with Crippen LogP contribution in [0, 0.1) is 0 Å². The zero-order valence-corrected chi connectivity index (χ0v) is 19.6. The SMILES string of the molecule is COCC1CC(c2ccccc2)OC(c2ccc(NC(=O)CCCCCCC(=O)NO)cc2)O1. The second kappa shape index (κ2) is 13.8. The van der Waals surface area contributed by atoms with E-state index in [1.807, 2.05) is 42.5 Å². The van der Waals surface area contributed by atoms with Crippen LogP contribution in [0.2, 0.25) is 0 Å². The fraction of sp³-hybridized carbons (Fsp3) is 0.462. The van der Waals surface area contributed by atoms with Crippen molar-refractivity contribution in [2.75, 3.05) is 19.0 Å². The molecular formula is C26H34N2O6. The number of nitrogens with one attached hydrogen (secondary N) is 2. The minimum absolute atomic E-state index is 0.0460. The van der Waals surface area contributed by atoms with Crippen molar-refractivity contribution in [3.63, 3.8) is 0 Å². The summed E-state index contributed by atoms with van der Waals surface area (Å²) >= 11 is 0. The fourth-order valence-electron chi connectivity index (χ4n) is 3.97. The summed E-state index contributed by atoms with van der Waals surface area (Å²) in [5, 5.41) is 11.4. The van der Waals surface area contributed by atoms with Gasteiger partial charge in [-0.2, -0.15) is 0 Å². The molecule has 2 aromatic carbocycles. The number of amides is 2. The molecule has 1 aliphatic rings. The molecule has 1 heterocycles. The van der Waals surface area contributed by atoms with Crippen LogP contribution in [0.3, 0.4) is 0 Å². The van der Waals surface area contributed by atoms with Crippen LogP contribution in [0.1, 0.15) is 68.5 Å². The zero-order chi connectivity index (χ0) is 24.2. The summed E-state index contributed by atoms with van der Waals surface area (Å²) in [6.45, 7) is 0.492. The Morgan fingerprint density at radius 3 is 2.24 bits per heavy atom. The highest BCUT2D eigenvalue weighted by Crippen LogP contribution is 2.38. The van der Waals surface area contributed by atoms with Gasteiger partial charge in [0.2, 0.25) is 11.8 Å². The first kappa shape index (κ1) is 25.8. The largest absolute Gasteiger partial charge is 0.382 e. The molecule has 1 fully saturated rings. The number of methoxy groups -OCH3 is 1. The maximum atomic E-state index is 12.2. The Bertz CT molecular complexity index is 890. The molecule has 0 spiro atoms. The Labute approximate surface area is 200 Å². The second-order valence-electron chi connectivity index (χ2n) is 8.44. The Kier molecular flexibility index (Phi) is 10.5. The highest BCUT2D eigenvalue weighted by molar-refractivity contribution is 5.90. The van der Waals surface area contributed by atoms with Crippen molar-refractivity contribution in [3.8, 4) is 0 Å². The molecule has 34 heavy (non-hydrogen) atoms. The summed E-state index contributed by atoms with van der Waals surface area (Å²) in [6.07, 6.45) is 3.88. The molecule has 1 saturated heterocycles. The van der Waals surface area contributed by atoms with Gasteiger partial charge >= 0.3 is 0 Å². The van der Waals surface area contributed by atoms with Crippen molar-refractivity contribution in [1.29, 1.82) is 0 Å². The monoisotopic (exact) mass is 470 g/mol. The first-order valence-electron chi connectivity index (χ1n) is 11.8. The maximum absolute atomic E-state index is 12.2. The van der Waals surface area contributed by atoms with Crippen LogP contribution in [0.15, 0.2) is 54.6 Å². The standard InChI is InChI=1S/C26H34N2O6/c1-32-18-22-17-23(19-9-5-4-6-10-19)34-26(33-22)20-13-15-21(16-14-20)27-24(29)11-7-2-3-8-12-25(30)28-31/h4-6,9-10,13-16,22-23,26,31H,2-3,7-8,11-12,17-18H2,1H3,(H,27,29)(H,28,30). The smallest absolute Gasteiger partial charge is 0.243 e. The molecule has 184 valence electrons. The van der Waals surface area contributed by atoms with Gasteiger partial charge in [0.05, 0.1) is 18.8 Å². The van der Waals surface area contributed by atoms with Gasteiger partial charge in [0.15, 0.2) is 6.29 Å². The van der Waals surface area contributed by atoms with Crippen molar-refractivity contribution in [2.24, 2.45) is 0 Å². The molecule has 1 aliphatic heterocycles. The van der Waals surface area contributed by atoms with Crippen LogP contribution in [0.25, 0.3) is 0 Å². The van der Waals surface area contributed by atoms with E-state index in [0.717, 1.165) is 42.5 Å². The van der Waals surface area contributed by atoms with E-state index in [-0.39, 0.29) is 24.0 Å². The number of benzene rings is 2. The first-order chi connectivity index (χ1) is 16.6. The number of anilines is 1. The lowest BCUT2D eigenvalue weighted by Gasteiger charge is -2.36. The lowest BCUT2D eigenvalue weighted by Crippen LogP contribution is -2.32. The van der Waals surface area contributed by atoms with Crippen LogP contribution in [-0.4, -0.2) is 36.8 Å². The van der Waals surface area contributed by atoms with E-state index in [0.29, 0.717) is 25.9 Å². The van der Waals surface area contributed by atoms with Crippen molar-refractivity contribution in [2.45, 2.75) is 63.4 Å². The second-order valence-corrected chi connectivity index (χ2v) is 8.44. The first-order valence-corrected chi connectivity index (χ1v) is 11.8. The van der Waals surface area contributed by atoms with Crippen LogP contribution in [0.4, 0.5) is 5.69 Å². The summed E-state index contributed by atoms with van der Waals surface area (Å²) in [5.41, 5.74) is 4.33. The third kappa shape index (κ3) is 8.22. The molecule has 0 aromatic heterocycles. The van der Waals surface area contributed by atoms with Gasteiger partial charge in [-0.05, 0) is 30.5 Å². The van der Waals surface area contributed by atoms with E-state index in [2.05, 4.69) is 17.4 Å². The number of rotatable bonds is 12. The molecule has 8 heteroatoms. The van der Waals surface area contributed by atoms with Gasteiger partial charge in [0.1, 0.15) is 0 Å². The predicted octanol–water partition coefficient (Wildman–Crippen LogP) is 4.66. The third-order valence-corrected chi connectivity index (χ3v) is 5.75. The van der Waals surface area contributed by atoms with Gasteiger partial charge in [0.25, 0.3) is 0 Å². The summed E-state index contributed by atoms with van der Waals surface area (Å²) in [6, 6.07) is 17.6. The molecule has 0 saturated carbocycles. The topological polar surface area (TPSA) is 106 Å². The number of unbranched alkanes of at least 4 members (excludes halogenated alkanes) is 3. The molecule has 3 atom stereocenters. The fourth-order valence-corrected chi connectivity index (χ4v) is 3.97. The highest BCUT2D eigenvalue weighted by Gasteiger charge is 2.32. The Balaban J connectivity index is 1.48. The lowest BCUT2D eigenvalue weighted by atomic mass is 10.0. The van der Waals surface area contributed by atoms with Gasteiger partial charge < -0.3 is 19.5 Å². The number of hydrogen-bond acceptors (Lipinski definition) is 6. The molecular weight excluding hydrogens is 436 g/mol. The van der Waals surface area contributed by atoms with Crippen LogP contribution in [-0.2, 0) is 23.8 Å². The van der Waals surface area contributed by atoms with E-state index in [9.17, 15) is 9.59 Å². The Morgan fingerprint density at radius 2 is 1.59 bits per heavy atom. The normalized spacial score (nSPS) is 20.0. The lowest BCUT2D eigenvalue weighted by molar-refractivity contribution is -0.257. The van der Waals surface area contributed by atoms with Gasteiger partial charge in [-0.25, -0.2) is 5.48 Å². The summed E-state index contributed by atoms with van der Waals surface area (Å²) in [7, 11) is 1.67. The average molecular weight is 471 g/mol. The van der Waals surface area contributed by atoms with Gasteiger partial charge in [-0.1, -0.05) is 55.3 Å². The molecule has 3 N–H and O–H groups in total. The van der Waals surface area contributed by atoms with Crippen molar-refractivity contribution < 1.29 is 29.0 Å². The molecule has 0 radical (unpaired) electrons. The number of ether oxygens (including phenoxy) is 3. The van der Waals surface area contributed by atoms with Crippen molar-refractivity contribution in [3.05, 3.63) is 65.7 Å². The molecule has 0 aliphatic carbocycles. The highest BCUT2D eigenvalue weighted by atomic mass is 16.7. The Hall–Kier alpha value is -2.78. The van der Waals surface area contributed by atoms with E-state index in [1.54, 1.807) is 12.6 Å². The quantitative estimate of drug-likeness (QED) is 0.237. The number of carbonyl (C=O) groups excluding carboxylic acids is 2. The average Bonchev–Trinajstić information content (AvgIpc) is 2.87. The number of carbonyl (C=O) groups is 2. The summed E-state index contributed by atoms with van der Waals surface area (Å²) in [4.78, 5) is 23.2. The van der Waals surface area contributed by atoms with Crippen LogP contribution < -0.4 is 10.8 Å². The van der Waals surface area contributed by atoms with E-state index in [1.165, 1.54) is 0 Å². The molecule has 3 rings (SSSR count). The predicted molar refractivity (Wildman–Crippen MR) is 127 cm³/mol. The maximum Gasteiger partial charge on any atom is 0.243 e. The van der Waals surface area contributed by atoms with E-state index in [4.69, 9.17) is 19.4 Å². The summed E-state index contributed by atoms with van der Waals surface area (Å²) in [5.74, 6) is -0.426. The van der Waals surface area contributed by atoms with E-state index >= 15 is 0 Å². The molecule has 2 aromatic rings. The minimum Gasteiger partial charge on any atom is -0.382 e. The zero-order valence-electron chi connectivity index (χ0n) is 19.6. The van der Waals surface area contributed by atoms with Gasteiger partial charge in [0, 0.05) is 37.6 Å². The molecule has 2 amide bonds. The molecule has 0 bridgehead atoms. The van der Waals surface area contributed by atoms with E-state index < -0.39 is 6.29 Å². The van der Waals surface area contributed by atoms with Crippen LogP contribution >= 0.6 is 0 Å². The van der Waals surface area contributed by atoms with Crippen molar-refractivity contribution >= 4 is 17.5 Å². The van der Waals surface area contributed by atoms with Crippen LogP contribution in [0.5, 0.6) is 0 Å². The Morgan fingerprint density at radius 1 is 0.912 bits per heavy atom. The minimum atomic E-state index is -0.517.